The molecule has 0 saturated carbocycles. The van der Waals surface area contributed by atoms with Gasteiger partial charge in [0.25, 0.3) is 5.91 Å². The highest BCUT2D eigenvalue weighted by atomic mass is 32.1. The standard InChI is InChI=1S/C21H27F2N5O5S/c1-11-6-13(22)12(14(23)7-11)10-33-19-17(18(24)31)20(34-27-19)26-21(32)25-4-2-3-5-28-8-15(29)16(30)9-28/h6-7,15-16,29-30H,2-5,8-10H2,1H3,(H2,24,31)(H2,25,26,32). The van der Waals surface area contributed by atoms with Crippen LogP contribution in [0.3, 0.4) is 0 Å². The molecular weight excluding hydrogens is 472 g/mol. The molecule has 1 aromatic heterocycles. The molecule has 1 saturated heterocycles. The van der Waals surface area contributed by atoms with E-state index in [1.807, 2.05) is 4.90 Å². The number of hydrogen-bond donors (Lipinski definition) is 5. The summed E-state index contributed by atoms with van der Waals surface area (Å²) in [5.74, 6) is -2.73. The molecule has 34 heavy (non-hydrogen) atoms. The summed E-state index contributed by atoms with van der Waals surface area (Å²) < 4.78 is 37.3. The Hall–Kier alpha value is -2.87. The van der Waals surface area contributed by atoms with Crippen molar-refractivity contribution in [1.82, 2.24) is 14.6 Å². The fourth-order valence-corrected chi connectivity index (χ4v) is 4.26. The third-order valence-corrected chi connectivity index (χ3v) is 6.04. The number of carbonyl (C=O) groups excluding carboxylic acids is 2. The van der Waals surface area contributed by atoms with Crippen molar-refractivity contribution in [3.05, 3.63) is 40.5 Å². The van der Waals surface area contributed by atoms with Crippen molar-refractivity contribution in [2.45, 2.75) is 38.6 Å². The van der Waals surface area contributed by atoms with E-state index in [4.69, 9.17) is 10.5 Å². The number of benzene rings is 1. The van der Waals surface area contributed by atoms with Gasteiger partial charge in [0.05, 0.1) is 17.8 Å². The molecule has 0 aliphatic carbocycles. The number of primary amides is 1. The number of rotatable bonds is 10. The molecule has 10 nitrogen and oxygen atoms in total. The Kier molecular flexibility index (Phi) is 8.72. The highest BCUT2D eigenvalue weighted by Gasteiger charge is 2.28. The monoisotopic (exact) mass is 499 g/mol. The van der Waals surface area contributed by atoms with E-state index >= 15 is 0 Å². The Morgan fingerprint density at radius 1 is 1.24 bits per heavy atom. The summed E-state index contributed by atoms with van der Waals surface area (Å²) in [7, 11) is 0. The minimum Gasteiger partial charge on any atom is -0.471 e. The molecule has 0 radical (unpaired) electrons. The highest BCUT2D eigenvalue weighted by molar-refractivity contribution is 7.11. The molecule has 3 amide bonds. The van der Waals surface area contributed by atoms with Gasteiger partial charge in [-0.1, -0.05) is 0 Å². The van der Waals surface area contributed by atoms with Gasteiger partial charge in [0.1, 0.15) is 28.8 Å². The molecule has 1 aliphatic rings. The predicted octanol–water partition coefficient (Wildman–Crippen LogP) is 1.35. The van der Waals surface area contributed by atoms with E-state index in [1.165, 1.54) is 0 Å². The number of carbonyl (C=O) groups is 2. The fourth-order valence-electron chi connectivity index (χ4n) is 3.52. The molecule has 6 N–H and O–H groups in total. The number of halogens is 2. The number of aliphatic hydroxyl groups excluding tert-OH is 2. The molecular formula is C21H27F2N5O5S. The van der Waals surface area contributed by atoms with Crippen LogP contribution in [0.5, 0.6) is 5.88 Å². The lowest BCUT2D eigenvalue weighted by atomic mass is 10.1. The van der Waals surface area contributed by atoms with Gasteiger partial charge in [0.2, 0.25) is 5.88 Å². The second kappa shape index (κ2) is 11.5. The molecule has 186 valence electrons. The van der Waals surface area contributed by atoms with E-state index in [2.05, 4.69) is 15.0 Å². The lowest BCUT2D eigenvalue weighted by molar-refractivity contribution is 0.0572. The summed E-state index contributed by atoms with van der Waals surface area (Å²) >= 11 is 0.750. The van der Waals surface area contributed by atoms with Crippen LogP contribution in [-0.2, 0) is 6.61 Å². The minimum atomic E-state index is -0.918. The number of β-amino-alcohol motifs (C(OH)–C–C–N with tert-alkyl or cyclic N) is 2. The Labute approximate surface area is 198 Å². The van der Waals surface area contributed by atoms with Crippen molar-refractivity contribution in [1.29, 1.82) is 0 Å². The molecule has 2 heterocycles. The number of aryl methyl sites for hydroxylation is 1. The Balaban J connectivity index is 1.49. The summed E-state index contributed by atoms with van der Waals surface area (Å²) in [6.07, 6.45) is -0.0568. The maximum Gasteiger partial charge on any atom is 0.319 e. The van der Waals surface area contributed by atoms with Crippen LogP contribution in [0.15, 0.2) is 12.1 Å². The number of anilines is 1. The first-order valence-corrected chi connectivity index (χ1v) is 11.4. The second-order valence-electron chi connectivity index (χ2n) is 8.03. The van der Waals surface area contributed by atoms with Crippen molar-refractivity contribution in [3.8, 4) is 5.88 Å². The average Bonchev–Trinajstić information content (AvgIpc) is 3.29. The molecule has 1 aromatic carbocycles. The molecule has 1 fully saturated rings. The number of aliphatic hydroxyl groups is 2. The molecule has 2 atom stereocenters. The first-order valence-electron chi connectivity index (χ1n) is 10.7. The van der Waals surface area contributed by atoms with Crippen molar-refractivity contribution in [2.75, 3.05) is 31.5 Å². The normalized spacial score (nSPS) is 18.1. The van der Waals surface area contributed by atoms with Crippen LogP contribution in [0.2, 0.25) is 0 Å². The van der Waals surface area contributed by atoms with Crippen LogP contribution in [0.4, 0.5) is 18.6 Å². The summed E-state index contributed by atoms with van der Waals surface area (Å²) in [5, 5.41) is 24.3. The van der Waals surface area contributed by atoms with Gasteiger partial charge < -0.3 is 26.0 Å². The van der Waals surface area contributed by atoms with E-state index in [0.29, 0.717) is 38.2 Å². The van der Waals surface area contributed by atoms with Crippen LogP contribution < -0.4 is 21.1 Å². The molecule has 0 bridgehead atoms. The Morgan fingerprint density at radius 3 is 2.50 bits per heavy atom. The van der Waals surface area contributed by atoms with Crippen molar-refractivity contribution >= 4 is 28.5 Å². The zero-order valence-electron chi connectivity index (χ0n) is 18.5. The van der Waals surface area contributed by atoms with Gasteiger partial charge in [-0.2, -0.15) is 4.37 Å². The zero-order valence-corrected chi connectivity index (χ0v) is 19.3. The number of nitrogens with one attached hydrogen (secondary N) is 2. The largest absolute Gasteiger partial charge is 0.471 e. The summed E-state index contributed by atoms with van der Waals surface area (Å²) in [4.78, 5) is 26.0. The van der Waals surface area contributed by atoms with Gasteiger partial charge in [-0.15, -0.1) is 0 Å². The first kappa shape index (κ1) is 25.7. The van der Waals surface area contributed by atoms with Crippen molar-refractivity contribution in [3.63, 3.8) is 0 Å². The van der Waals surface area contributed by atoms with Gasteiger partial charge >= 0.3 is 6.03 Å². The first-order chi connectivity index (χ1) is 16.2. The SMILES string of the molecule is Cc1cc(F)c(COc2nsc(NC(=O)NCCCCN3CC(O)C(O)C3)c2C(N)=O)c(F)c1. The van der Waals surface area contributed by atoms with E-state index in [0.717, 1.165) is 30.1 Å². The number of hydrogen-bond acceptors (Lipinski definition) is 8. The molecule has 2 aromatic rings. The van der Waals surface area contributed by atoms with Crippen LogP contribution in [0.1, 0.15) is 34.3 Å². The Bertz CT molecular complexity index is 1000. The minimum absolute atomic E-state index is 0.0462. The van der Waals surface area contributed by atoms with Crippen LogP contribution in [0, 0.1) is 18.6 Å². The van der Waals surface area contributed by atoms with Gasteiger partial charge in [0, 0.05) is 19.6 Å². The van der Waals surface area contributed by atoms with Gasteiger partial charge in [-0.05, 0) is 55.5 Å². The molecule has 3 rings (SSSR count). The fraction of sp³-hybridized carbons (Fsp3) is 0.476. The smallest absolute Gasteiger partial charge is 0.319 e. The van der Waals surface area contributed by atoms with Crippen molar-refractivity contribution in [2.24, 2.45) is 5.73 Å². The number of unbranched alkanes of at least 4 members (excludes halogenated alkanes) is 1. The number of amides is 3. The number of urea groups is 1. The summed E-state index contributed by atoms with van der Waals surface area (Å²) in [6.45, 7) is 2.91. The third kappa shape index (κ3) is 6.59. The number of ether oxygens (including phenoxy) is 1. The van der Waals surface area contributed by atoms with Crippen molar-refractivity contribution < 1.29 is 33.3 Å². The lowest BCUT2D eigenvalue weighted by Gasteiger charge is -2.14. The van der Waals surface area contributed by atoms with Gasteiger partial charge in [-0.25, -0.2) is 13.6 Å². The van der Waals surface area contributed by atoms with E-state index < -0.39 is 42.4 Å². The van der Waals surface area contributed by atoms with Gasteiger partial charge in [0.15, 0.2) is 0 Å². The maximum atomic E-state index is 14.0. The van der Waals surface area contributed by atoms with E-state index in [1.54, 1.807) is 6.92 Å². The van der Waals surface area contributed by atoms with Crippen LogP contribution in [-0.4, -0.2) is 69.8 Å². The lowest BCUT2D eigenvalue weighted by Crippen LogP contribution is -2.31. The summed E-state index contributed by atoms with van der Waals surface area (Å²) in [6, 6.07) is 1.74. The molecule has 1 aliphatic heterocycles. The van der Waals surface area contributed by atoms with Gasteiger partial charge in [-0.3, -0.25) is 15.0 Å². The topological polar surface area (TPSA) is 150 Å². The number of likely N-dealkylation sites (tertiary alicyclic amines) is 1. The van der Waals surface area contributed by atoms with E-state index in [9.17, 15) is 28.6 Å². The number of nitrogens with two attached hydrogens (primary N) is 1. The van der Waals surface area contributed by atoms with Crippen LogP contribution in [0.25, 0.3) is 0 Å². The third-order valence-electron chi connectivity index (χ3n) is 5.29. The van der Waals surface area contributed by atoms with E-state index in [-0.39, 0.29) is 22.0 Å². The summed E-state index contributed by atoms with van der Waals surface area (Å²) in [5.41, 5.74) is 5.29. The molecule has 2 unspecified atom stereocenters. The zero-order chi connectivity index (χ0) is 24.8. The second-order valence-corrected chi connectivity index (χ2v) is 8.81. The molecule has 0 spiro atoms. The quantitative estimate of drug-likeness (QED) is 0.310. The predicted molar refractivity (Wildman–Crippen MR) is 121 cm³/mol. The molecule has 13 heteroatoms. The number of aromatic nitrogens is 1. The maximum absolute atomic E-state index is 14.0. The Morgan fingerprint density at radius 2 is 1.88 bits per heavy atom. The van der Waals surface area contributed by atoms with Crippen LogP contribution >= 0.6 is 11.5 Å². The average molecular weight is 500 g/mol. The number of nitrogens with zero attached hydrogens (tertiary/aromatic N) is 2. The highest BCUT2D eigenvalue weighted by Crippen LogP contribution is 2.31.